The van der Waals surface area contributed by atoms with Gasteiger partial charge in [-0.05, 0) is 18.2 Å². The average Bonchev–Trinajstić information content (AvgIpc) is 3.18. The van der Waals surface area contributed by atoms with E-state index in [1.807, 2.05) is 0 Å². The molecule has 0 unspecified atom stereocenters. The minimum absolute atomic E-state index is 0.227. The summed E-state index contributed by atoms with van der Waals surface area (Å²) in [6.07, 6.45) is 2.96. The molecule has 0 aromatic carbocycles. The molecule has 2 aromatic rings. The first-order chi connectivity index (χ1) is 10.5. The Morgan fingerprint density at radius 2 is 2.23 bits per heavy atom. The first-order valence-corrected chi connectivity index (χ1v) is 7.29. The van der Waals surface area contributed by atoms with Crippen molar-refractivity contribution in [2.24, 2.45) is 0 Å². The Hall–Kier alpha value is -2.39. The molecule has 3 heterocycles. The predicted octanol–water partition coefficient (Wildman–Crippen LogP) is 3.18. The summed E-state index contributed by atoms with van der Waals surface area (Å²) in [6, 6.07) is 6.13. The largest absolute Gasteiger partial charge is 0.467 e. The Balaban J connectivity index is 1.80. The van der Waals surface area contributed by atoms with Crippen molar-refractivity contribution in [2.75, 3.05) is 0 Å². The van der Waals surface area contributed by atoms with Crippen LogP contribution in [0.25, 0.3) is 6.08 Å². The number of hydrogen-bond donors (Lipinski definition) is 0. The summed E-state index contributed by atoms with van der Waals surface area (Å²) in [4.78, 5) is 24.0. The van der Waals surface area contributed by atoms with Crippen molar-refractivity contribution in [2.45, 2.75) is 6.54 Å². The summed E-state index contributed by atoms with van der Waals surface area (Å²) in [5.74, 6) is 0.180. The van der Waals surface area contributed by atoms with Crippen LogP contribution in [0.15, 0.2) is 44.3 Å². The smallest absolute Gasteiger partial charge is 0.433 e. The fourth-order valence-corrected chi connectivity index (χ4v) is 3.08. The molecule has 7 nitrogen and oxygen atoms in total. The summed E-state index contributed by atoms with van der Waals surface area (Å²) in [7, 11) is 0. The third kappa shape index (κ3) is 2.81. The second kappa shape index (κ2) is 5.78. The van der Waals surface area contributed by atoms with Gasteiger partial charge in [-0.15, -0.1) is 0 Å². The van der Waals surface area contributed by atoms with Crippen LogP contribution in [0.3, 0.4) is 0 Å². The number of nitro groups is 1. The van der Waals surface area contributed by atoms with Crippen LogP contribution < -0.4 is 0 Å². The van der Waals surface area contributed by atoms with Crippen molar-refractivity contribution in [1.82, 2.24) is 4.90 Å². The number of amides is 1. The highest BCUT2D eigenvalue weighted by Crippen LogP contribution is 2.34. The molecule has 1 fully saturated rings. The quantitative estimate of drug-likeness (QED) is 0.366. The van der Waals surface area contributed by atoms with Crippen LogP contribution in [-0.4, -0.2) is 20.1 Å². The zero-order valence-corrected chi connectivity index (χ0v) is 12.6. The summed E-state index contributed by atoms with van der Waals surface area (Å²) < 4.78 is 10.6. The molecular formula is C13H8N2O5S2. The summed E-state index contributed by atoms with van der Waals surface area (Å²) in [5, 5.41) is 10.6. The highest BCUT2D eigenvalue weighted by molar-refractivity contribution is 8.26. The zero-order chi connectivity index (χ0) is 15.7. The molecule has 0 saturated carbocycles. The van der Waals surface area contributed by atoms with Gasteiger partial charge >= 0.3 is 5.88 Å². The molecule has 112 valence electrons. The van der Waals surface area contributed by atoms with Gasteiger partial charge in [0.05, 0.1) is 23.8 Å². The fourth-order valence-electron chi connectivity index (χ4n) is 1.84. The molecule has 3 rings (SSSR count). The second-order valence-corrected chi connectivity index (χ2v) is 5.96. The number of nitrogens with zero attached hydrogens (tertiary/aromatic N) is 2. The van der Waals surface area contributed by atoms with Crippen molar-refractivity contribution in [3.8, 4) is 0 Å². The van der Waals surface area contributed by atoms with Gasteiger partial charge in [0, 0.05) is 6.08 Å². The number of thiocarbonyl (C=S) groups is 1. The second-order valence-electron chi connectivity index (χ2n) is 4.28. The van der Waals surface area contributed by atoms with Crippen molar-refractivity contribution in [1.29, 1.82) is 0 Å². The fraction of sp³-hybridized carbons (Fsp3) is 0.0769. The van der Waals surface area contributed by atoms with E-state index in [2.05, 4.69) is 0 Å². The Morgan fingerprint density at radius 3 is 2.86 bits per heavy atom. The van der Waals surface area contributed by atoms with Gasteiger partial charge in [0.2, 0.25) is 0 Å². The van der Waals surface area contributed by atoms with Crippen molar-refractivity contribution < 1.29 is 18.6 Å². The first-order valence-electron chi connectivity index (χ1n) is 6.06. The van der Waals surface area contributed by atoms with Crippen LogP contribution in [0, 0.1) is 10.1 Å². The molecule has 0 radical (unpaired) electrons. The van der Waals surface area contributed by atoms with E-state index in [1.54, 1.807) is 12.1 Å². The van der Waals surface area contributed by atoms with Gasteiger partial charge < -0.3 is 8.83 Å². The lowest BCUT2D eigenvalue weighted by molar-refractivity contribution is -0.402. The van der Waals surface area contributed by atoms with Crippen molar-refractivity contribution in [3.63, 3.8) is 0 Å². The highest BCUT2D eigenvalue weighted by Gasteiger charge is 2.33. The Morgan fingerprint density at radius 1 is 1.41 bits per heavy atom. The van der Waals surface area contributed by atoms with Gasteiger partial charge in [0.1, 0.15) is 20.8 Å². The Labute approximate surface area is 133 Å². The maximum atomic E-state index is 12.3. The minimum Gasteiger partial charge on any atom is -0.467 e. The average molecular weight is 336 g/mol. The van der Waals surface area contributed by atoms with Gasteiger partial charge in [0.15, 0.2) is 0 Å². The van der Waals surface area contributed by atoms with Gasteiger partial charge in [0.25, 0.3) is 5.91 Å². The van der Waals surface area contributed by atoms with E-state index in [0.717, 1.165) is 11.8 Å². The number of carbonyl (C=O) groups is 1. The van der Waals surface area contributed by atoms with E-state index in [0.29, 0.717) is 15.0 Å². The molecule has 0 aliphatic carbocycles. The standard InChI is InChI=1S/C13H8N2O5S2/c16-12-10(6-8-3-4-11(20-8)15(17)18)22-13(21)14(12)7-9-2-1-5-19-9/h1-6H,7H2/b10-6-. The highest BCUT2D eigenvalue weighted by atomic mass is 32.2. The van der Waals surface area contributed by atoms with Gasteiger partial charge in [-0.25, -0.2) is 0 Å². The molecule has 2 aromatic heterocycles. The molecule has 22 heavy (non-hydrogen) atoms. The molecule has 0 atom stereocenters. The van der Waals surface area contributed by atoms with Crippen LogP contribution in [0.2, 0.25) is 0 Å². The first kappa shape index (κ1) is 14.5. The van der Waals surface area contributed by atoms with E-state index in [1.165, 1.54) is 29.4 Å². The van der Waals surface area contributed by atoms with Gasteiger partial charge in [-0.3, -0.25) is 19.8 Å². The monoisotopic (exact) mass is 336 g/mol. The van der Waals surface area contributed by atoms with E-state index in [4.69, 9.17) is 21.1 Å². The van der Waals surface area contributed by atoms with Crippen LogP contribution in [0.1, 0.15) is 11.5 Å². The van der Waals surface area contributed by atoms with E-state index < -0.39 is 4.92 Å². The third-order valence-electron chi connectivity index (χ3n) is 2.83. The number of carbonyl (C=O) groups excluding carboxylic acids is 1. The molecule has 1 saturated heterocycles. The molecule has 1 amide bonds. The topological polar surface area (TPSA) is 89.7 Å². The molecule has 0 bridgehead atoms. The van der Waals surface area contributed by atoms with Crippen molar-refractivity contribution in [3.05, 3.63) is 57.1 Å². The van der Waals surface area contributed by atoms with Gasteiger partial charge in [-0.2, -0.15) is 0 Å². The minimum atomic E-state index is -0.639. The summed E-state index contributed by atoms with van der Waals surface area (Å²) >= 11 is 6.29. The maximum absolute atomic E-state index is 12.3. The normalized spacial score (nSPS) is 16.7. The molecule has 0 N–H and O–H groups in total. The Bertz CT molecular complexity index is 778. The third-order valence-corrected chi connectivity index (χ3v) is 4.21. The SMILES string of the molecule is O=C1/C(=C/c2ccc([N+](=O)[O-])o2)SC(=S)N1Cc1ccco1. The summed E-state index contributed by atoms with van der Waals surface area (Å²) in [5.41, 5.74) is 0. The van der Waals surface area contributed by atoms with Crippen LogP contribution in [-0.2, 0) is 11.3 Å². The molecular weight excluding hydrogens is 328 g/mol. The van der Waals surface area contributed by atoms with E-state index in [9.17, 15) is 14.9 Å². The van der Waals surface area contributed by atoms with Crippen molar-refractivity contribution >= 4 is 46.2 Å². The number of hydrogen-bond acceptors (Lipinski definition) is 7. The number of thioether (sulfide) groups is 1. The van der Waals surface area contributed by atoms with Gasteiger partial charge in [-0.1, -0.05) is 24.0 Å². The molecule has 1 aliphatic heterocycles. The van der Waals surface area contributed by atoms with E-state index >= 15 is 0 Å². The van der Waals surface area contributed by atoms with Crippen LogP contribution >= 0.6 is 24.0 Å². The summed E-state index contributed by atoms with van der Waals surface area (Å²) in [6.45, 7) is 0.243. The Kier molecular flexibility index (Phi) is 3.82. The molecule has 9 heteroatoms. The van der Waals surface area contributed by atoms with Crippen LogP contribution in [0.4, 0.5) is 5.88 Å². The maximum Gasteiger partial charge on any atom is 0.433 e. The molecule has 1 aliphatic rings. The predicted molar refractivity (Wildman–Crippen MR) is 82.8 cm³/mol. The number of furan rings is 2. The lowest BCUT2D eigenvalue weighted by Crippen LogP contribution is -2.27. The lowest BCUT2D eigenvalue weighted by atomic mass is 10.3. The van der Waals surface area contributed by atoms with E-state index in [-0.39, 0.29) is 24.1 Å². The number of rotatable bonds is 4. The zero-order valence-electron chi connectivity index (χ0n) is 10.9. The van der Waals surface area contributed by atoms with Crippen LogP contribution in [0.5, 0.6) is 0 Å². The molecule has 0 spiro atoms. The lowest BCUT2D eigenvalue weighted by Gasteiger charge is -2.11.